The zero-order valence-electron chi connectivity index (χ0n) is 14.4. The average Bonchev–Trinajstić information content (AvgIpc) is 2.72. The maximum atomic E-state index is 5.92. The molecular formula is C24H19NO. The molecule has 0 aliphatic rings. The first-order valence-corrected chi connectivity index (χ1v) is 8.65. The van der Waals surface area contributed by atoms with Gasteiger partial charge in [0.1, 0.15) is 12.4 Å². The zero-order chi connectivity index (χ0) is 17.6. The molecule has 0 unspecified atom stereocenters. The second-order valence-electron chi connectivity index (χ2n) is 6.16. The van der Waals surface area contributed by atoms with E-state index in [1.807, 2.05) is 36.4 Å². The lowest BCUT2D eigenvalue weighted by Crippen LogP contribution is -1.94. The molecule has 0 radical (unpaired) electrons. The van der Waals surface area contributed by atoms with E-state index >= 15 is 0 Å². The predicted molar refractivity (Wildman–Crippen MR) is 108 cm³/mol. The monoisotopic (exact) mass is 337 g/mol. The van der Waals surface area contributed by atoms with Gasteiger partial charge in [-0.2, -0.15) is 0 Å². The molecular weight excluding hydrogens is 318 g/mol. The minimum atomic E-state index is 0.582. The standard InChI is InChI=1S/C24H19NO/c1-2-4-21(5-3-1)18-26-24-11-10-22-16-20(8-9-23(22)17-24)7-6-19-12-14-25-15-13-19/h1-17H,18H2/b7-6+. The van der Waals surface area contributed by atoms with Gasteiger partial charge in [-0.15, -0.1) is 0 Å². The summed E-state index contributed by atoms with van der Waals surface area (Å²) < 4.78 is 5.92. The average molecular weight is 337 g/mol. The van der Waals surface area contributed by atoms with Crippen LogP contribution in [-0.2, 0) is 6.61 Å². The summed E-state index contributed by atoms with van der Waals surface area (Å²) in [5, 5.41) is 2.38. The number of rotatable bonds is 5. The fraction of sp³-hybridized carbons (Fsp3) is 0.0417. The number of hydrogen-bond donors (Lipinski definition) is 0. The van der Waals surface area contributed by atoms with Gasteiger partial charge in [-0.3, -0.25) is 4.98 Å². The molecule has 0 bridgehead atoms. The van der Waals surface area contributed by atoms with Crippen molar-refractivity contribution in [2.24, 2.45) is 0 Å². The largest absolute Gasteiger partial charge is 0.489 e. The maximum absolute atomic E-state index is 5.92. The molecule has 4 aromatic rings. The van der Waals surface area contributed by atoms with E-state index in [0.717, 1.165) is 11.3 Å². The smallest absolute Gasteiger partial charge is 0.120 e. The molecule has 0 aliphatic heterocycles. The fourth-order valence-electron chi connectivity index (χ4n) is 2.84. The van der Waals surface area contributed by atoms with E-state index in [1.54, 1.807) is 12.4 Å². The molecule has 26 heavy (non-hydrogen) atoms. The summed E-state index contributed by atoms with van der Waals surface area (Å²) in [6.45, 7) is 0.582. The molecule has 2 heteroatoms. The van der Waals surface area contributed by atoms with Crippen LogP contribution < -0.4 is 4.74 Å². The van der Waals surface area contributed by atoms with Crippen LogP contribution in [0, 0.1) is 0 Å². The highest BCUT2D eigenvalue weighted by Crippen LogP contribution is 2.23. The molecule has 2 nitrogen and oxygen atoms in total. The van der Waals surface area contributed by atoms with Crippen LogP contribution in [0.3, 0.4) is 0 Å². The van der Waals surface area contributed by atoms with Crippen LogP contribution in [-0.4, -0.2) is 4.98 Å². The van der Waals surface area contributed by atoms with Gasteiger partial charge >= 0.3 is 0 Å². The molecule has 3 aromatic carbocycles. The van der Waals surface area contributed by atoms with Gasteiger partial charge < -0.3 is 4.74 Å². The summed E-state index contributed by atoms with van der Waals surface area (Å²) in [4.78, 5) is 4.04. The van der Waals surface area contributed by atoms with E-state index < -0.39 is 0 Å². The molecule has 0 saturated carbocycles. The van der Waals surface area contributed by atoms with Gasteiger partial charge in [0.25, 0.3) is 0 Å². The summed E-state index contributed by atoms with van der Waals surface area (Å²) in [6.07, 6.45) is 7.82. The molecule has 1 aromatic heterocycles. The summed E-state index contributed by atoms with van der Waals surface area (Å²) in [5.74, 6) is 0.890. The molecule has 0 N–H and O–H groups in total. The molecule has 1 heterocycles. The number of benzene rings is 3. The summed E-state index contributed by atoms with van der Waals surface area (Å²) >= 11 is 0. The SMILES string of the molecule is C(=C\c1ccc2cc(OCc3ccccc3)ccc2c1)/c1ccncc1. The van der Waals surface area contributed by atoms with Gasteiger partial charge in [-0.05, 0) is 57.8 Å². The Bertz CT molecular complexity index is 1020. The number of aromatic nitrogens is 1. The van der Waals surface area contributed by atoms with Crippen molar-refractivity contribution in [3.63, 3.8) is 0 Å². The molecule has 126 valence electrons. The summed E-state index contributed by atoms with van der Waals surface area (Å²) in [7, 11) is 0. The van der Waals surface area contributed by atoms with Gasteiger partial charge in [0, 0.05) is 12.4 Å². The van der Waals surface area contributed by atoms with Gasteiger partial charge in [0.2, 0.25) is 0 Å². The first-order chi connectivity index (χ1) is 12.9. The van der Waals surface area contributed by atoms with Crippen LogP contribution in [0.4, 0.5) is 0 Å². The van der Waals surface area contributed by atoms with Crippen LogP contribution in [0.25, 0.3) is 22.9 Å². The molecule has 0 atom stereocenters. The van der Waals surface area contributed by atoms with Crippen molar-refractivity contribution in [2.45, 2.75) is 6.61 Å². The van der Waals surface area contributed by atoms with E-state index in [4.69, 9.17) is 4.74 Å². The van der Waals surface area contributed by atoms with E-state index in [1.165, 1.54) is 21.9 Å². The Balaban J connectivity index is 1.50. The Morgan fingerprint density at radius 2 is 1.42 bits per heavy atom. The Labute approximate surface area is 153 Å². The predicted octanol–water partition coefficient (Wildman–Crippen LogP) is 5.98. The van der Waals surface area contributed by atoms with Crippen molar-refractivity contribution < 1.29 is 4.74 Å². The Hall–Kier alpha value is -3.39. The van der Waals surface area contributed by atoms with Crippen molar-refractivity contribution in [3.8, 4) is 5.75 Å². The quantitative estimate of drug-likeness (QED) is 0.446. The number of ether oxygens (including phenoxy) is 1. The molecule has 4 rings (SSSR count). The summed E-state index contributed by atoms with van der Waals surface area (Å²) in [5.41, 5.74) is 3.49. The normalized spacial score (nSPS) is 11.1. The Morgan fingerprint density at radius 3 is 2.27 bits per heavy atom. The molecule has 0 amide bonds. The summed E-state index contributed by atoms with van der Waals surface area (Å²) in [6, 6.07) is 26.9. The number of fused-ring (bicyclic) bond motifs is 1. The second kappa shape index (κ2) is 7.66. The lowest BCUT2D eigenvalue weighted by atomic mass is 10.1. The number of hydrogen-bond acceptors (Lipinski definition) is 2. The van der Waals surface area contributed by atoms with Gasteiger partial charge in [0.05, 0.1) is 0 Å². The zero-order valence-corrected chi connectivity index (χ0v) is 14.4. The lowest BCUT2D eigenvalue weighted by molar-refractivity contribution is 0.306. The van der Waals surface area contributed by atoms with Gasteiger partial charge in [-0.1, -0.05) is 60.7 Å². The Kier molecular flexibility index (Phi) is 4.74. The molecule has 0 saturated heterocycles. The molecule has 0 fully saturated rings. The lowest BCUT2D eigenvalue weighted by Gasteiger charge is -2.08. The van der Waals surface area contributed by atoms with E-state index in [9.17, 15) is 0 Å². The van der Waals surface area contributed by atoms with E-state index in [-0.39, 0.29) is 0 Å². The fourth-order valence-corrected chi connectivity index (χ4v) is 2.84. The maximum Gasteiger partial charge on any atom is 0.120 e. The van der Waals surface area contributed by atoms with Crippen molar-refractivity contribution in [1.82, 2.24) is 4.98 Å². The van der Waals surface area contributed by atoms with Crippen molar-refractivity contribution in [3.05, 3.63) is 108 Å². The molecule has 0 spiro atoms. The van der Waals surface area contributed by atoms with Crippen LogP contribution in [0.2, 0.25) is 0 Å². The van der Waals surface area contributed by atoms with Crippen molar-refractivity contribution in [1.29, 1.82) is 0 Å². The van der Waals surface area contributed by atoms with Crippen LogP contribution in [0.1, 0.15) is 16.7 Å². The van der Waals surface area contributed by atoms with Crippen LogP contribution >= 0.6 is 0 Å². The highest BCUT2D eigenvalue weighted by Gasteiger charge is 2.00. The highest BCUT2D eigenvalue weighted by molar-refractivity contribution is 5.87. The third-order valence-electron chi connectivity index (χ3n) is 4.26. The van der Waals surface area contributed by atoms with Gasteiger partial charge in [0.15, 0.2) is 0 Å². The van der Waals surface area contributed by atoms with E-state index in [2.05, 4.69) is 59.6 Å². The minimum absolute atomic E-state index is 0.582. The van der Waals surface area contributed by atoms with Gasteiger partial charge in [-0.25, -0.2) is 0 Å². The molecule has 0 aliphatic carbocycles. The van der Waals surface area contributed by atoms with Crippen molar-refractivity contribution in [2.75, 3.05) is 0 Å². The topological polar surface area (TPSA) is 22.1 Å². The highest BCUT2D eigenvalue weighted by atomic mass is 16.5. The first-order valence-electron chi connectivity index (χ1n) is 8.65. The minimum Gasteiger partial charge on any atom is -0.489 e. The number of pyridine rings is 1. The van der Waals surface area contributed by atoms with Crippen LogP contribution in [0.5, 0.6) is 5.75 Å². The third-order valence-corrected chi connectivity index (χ3v) is 4.26. The second-order valence-corrected chi connectivity index (χ2v) is 6.16. The Morgan fingerprint density at radius 1 is 0.692 bits per heavy atom. The van der Waals surface area contributed by atoms with Crippen LogP contribution in [0.15, 0.2) is 91.3 Å². The number of nitrogens with zero attached hydrogens (tertiary/aromatic N) is 1. The first kappa shape index (κ1) is 16.1. The van der Waals surface area contributed by atoms with E-state index in [0.29, 0.717) is 6.61 Å². The third kappa shape index (κ3) is 3.98. The van der Waals surface area contributed by atoms with Crippen molar-refractivity contribution >= 4 is 22.9 Å².